The molecule has 7 aliphatic heterocycles. The number of rotatable bonds is 19. The molecule has 1 unspecified atom stereocenters. The molecule has 0 radical (unpaired) electrons. The van der Waals surface area contributed by atoms with Crippen molar-refractivity contribution in [3.05, 3.63) is 0 Å². The van der Waals surface area contributed by atoms with Crippen LogP contribution < -0.4 is 0 Å². The minimum atomic E-state index is -1.87. The van der Waals surface area contributed by atoms with Gasteiger partial charge in [0.05, 0.1) is 46.2 Å². The molecule has 30 nitrogen and oxygen atoms in total. The number of hydrogen-bond donors (Lipinski definition) is 17. The normalized spacial score (nSPS) is 53.1. The molecular formula is C36H60O30. The smallest absolute Gasteiger partial charge is 0.187 e. The van der Waals surface area contributed by atoms with Crippen molar-refractivity contribution in [1.29, 1.82) is 0 Å². The van der Waals surface area contributed by atoms with Gasteiger partial charge >= 0.3 is 0 Å². The van der Waals surface area contributed by atoms with Crippen LogP contribution in [0.5, 0.6) is 0 Å². The Morgan fingerprint density at radius 3 is 1.12 bits per heavy atom. The Balaban J connectivity index is 1.04. The molecule has 7 aliphatic rings. The monoisotopic (exact) mass is 972 g/mol. The lowest BCUT2D eigenvalue weighted by molar-refractivity contribution is -0.308. The van der Waals surface area contributed by atoms with E-state index in [1.807, 2.05) is 0 Å². The first-order chi connectivity index (χ1) is 31.4. The molecule has 0 amide bonds. The van der Waals surface area contributed by atoms with Gasteiger partial charge in [-0.3, -0.25) is 0 Å². The van der Waals surface area contributed by atoms with Crippen LogP contribution in [0.4, 0.5) is 0 Å². The lowest BCUT2D eigenvalue weighted by Crippen LogP contribution is -2.59. The standard InChI is InChI=1S/C36H60O30/c37-1-8-15(41)21(47)25(51)31(58-8)54-6-13-18(44)24(50)34(62-13)66-29-20(46)11(4-40)61-36(29)64-27-14(63-32(26(27)52)55-5-12-17(43)22(48)30(53)57-12)7-56-35-28(19(45)10(3-39)60-35)65-33-23(49)16(42)9(2-38)59-33/h8-53H,1-7H2/t8-,9-,10-,11-,12-,13-,14-,15-,16-,17-,18-,19-,20-,21+,22+,23+,24+,25+,26+,27-,28+,29+,30?,31+,32+,33+,34+,35+,36-/m1/s1. The minimum absolute atomic E-state index is 0.592. The summed E-state index contributed by atoms with van der Waals surface area (Å²) in [5.74, 6) is 0. The van der Waals surface area contributed by atoms with Gasteiger partial charge in [0.2, 0.25) is 0 Å². The molecule has 384 valence electrons. The van der Waals surface area contributed by atoms with Gasteiger partial charge < -0.3 is 148 Å². The van der Waals surface area contributed by atoms with E-state index in [9.17, 15) is 86.8 Å². The van der Waals surface area contributed by atoms with Gasteiger partial charge in [-0.1, -0.05) is 0 Å². The summed E-state index contributed by atoms with van der Waals surface area (Å²) < 4.78 is 73.3. The maximum absolute atomic E-state index is 11.6. The number of ether oxygens (including phenoxy) is 13. The highest BCUT2D eigenvalue weighted by molar-refractivity contribution is 4.98. The van der Waals surface area contributed by atoms with E-state index in [-0.39, 0.29) is 0 Å². The highest BCUT2D eigenvalue weighted by Gasteiger charge is 2.57. The van der Waals surface area contributed by atoms with Gasteiger partial charge in [0, 0.05) is 0 Å². The molecule has 0 saturated carbocycles. The molecular weight excluding hydrogens is 912 g/mol. The van der Waals surface area contributed by atoms with Gasteiger partial charge in [-0.05, 0) is 0 Å². The maximum Gasteiger partial charge on any atom is 0.187 e. The van der Waals surface area contributed by atoms with Crippen LogP contribution in [0.25, 0.3) is 0 Å². The van der Waals surface area contributed by atoms with Crippen molar-refractivity contribution in [2.45, 2.75) is 178 Å². The van der Waals surface area contributed by atoms with Crippen LogP contribution in [0.2, 0.25) is 0 Å². The molecule has 0 aromatic heterocycles. The highest BCUT2D eigenvalue weighted by atomic mass is 16.8. The summed E-state index contributed by atoms with van der Waals surface area (Å²) in [5.41, 5.74) is 0. The summed E-state index contributed by atoms with van der Waals surface area (Å²) >= 11 is 0. The van der Waals surface area contributed by atoms with Crippen LogP contribution in [0.1, 0.15) is 0 Å². The second kappa shape index (κ2) is 22.5. The first-order valence-corrected chi connectivity index (χ1v) is 21.1. The first kappa shape index (κ1) is 52.6. The van der Waals surface area contributed by atoms with E-state index in [4.69, 9.17) is 61.6 Å². The zero-order valence-electron chi connectivity index (χ0n) is 34.6. The molecule has 7 heterocycles. The Bertz CT molecular complexity index is 1510. The number of aliphatic hydroxyl groups excluding tert-OH is 17. The van der Waals surface area contributed by atoms with Crippen LogP contribution in [-0.4, -0.2) is 311 Å². The molecule has 0 aromatic carbocycles. The largest absolute Gasteiger partial charge is 0.394 e. The quantitative estimate of drug-likeness (QED) is 0.0571. The zero-order chi connectivity index (χ0) is 47.9. The Labute approximate surface area is 372 Å². The molecule has 30 heteroatoms. The van der Waals surface area contributed by atoms with Crippen molar-refractivity contribution in [3.63, 3.8) is 0 Å². The van der Waals surface area contributed by atoms with Gasteiger partial charge in [-0.15, -0.1) is 0 Å². The Morgan fingerprint density at radius 2 is 0.591 bits per heavy atom. The Hall–Kier alpha value is -1.20. The predicted octanol–water partition coefficient (Wildman–Crippen LogP) is -12.4. The van der Waals surface area contributed by atoms with Crippen molar-refractivity contribution in [1.82, 2.24) is 0 Å². The number of hydrogen-bond acceptors (Lipinski definition) is 30. The van der Waals surface area contributed by atoms with E-state index in [0.717, 1.165) is 0 Å². The topological polar surface area (TPSA) is 464 Å². The van der Waals surface area contributed by atoms with E-state index >= 15 is 0 Å². The zero-order valence-corrected chi connectivity index (χ0v) is 34.6. The van der Waals surface area contributed by atoms with Gasteiger partial charge in [0.1, 0.15) is 134 Å². The summed E-state index contributed by atoms with van der Waals surface area (Å²) in [4.78, 5) is 0. The minimum Gasteiger partial charge on any atom is -0.394 e. The fourth-order valence-corrected chi connectivity index (χ4v) is 8.43. The number of aliphatic hydroxyl groups is 17. The van der Waals surface area contributed by atoms with E-state index in [0.29, 0.717) is 0 Å². The van der Waals surface area contributed by atoms with E-state index in [2.05, 4.69) is 0 Å². The fourth-order valence-electron chi connectivity index (χ4n) is 8.43. The average Bonchev–Trinajstić information content (AvgIpc) is 4.09. The molecule has 0 aromatic rings. The van der Waals surface area contributed by atoms with Gasteiger partial charge in [0.15, 0.2) is 44.0 Å². The van der Waals surface area contributed by atoms with E-state index in [1.54, 1.807) is 0 Å². The second-order valence-corrected chi connectivity index (χ2v) is 16.7. The van der Waals surface area contributed by atoms with Crippen LogP contribution >= 0.6 is 0 Å². The molecule has 0 aliphatic carbocycles. The molecule has 7 rings (SSSR count). The van der Waals surface area contributed by atoms with Crippen molar-refractivity contribution in [2.24, 2.45) is 0 Å². The van der Waals surface area contributed by atoms with Crippen molar-refractivity contribution in [2.75, 3.05) is 46.2 Å². The molecule has 0 spiro atoms. The summed E-state index contributed by atoms with van der Waals surface area (Å²) in [5, 5.41) is 175. The predicted molar refractivity (Wildman–Crippen MR) is 196 cm³/mol. The average molecular weight is 973 g/mol. The molecule has 66 heavy (non-hydrogen) atoms. The van der Waals surface area contributed by atoms with Gasteiger partial charge in [0.25, 0.3) is 0 Å². The van der Waals surface area contributed by atoms with Crippen LogP contribution in [0.3, 0.4) is 0 Å². The molecule has 7 saturated heterocycles. The summed E-state index contributed by atoms with van der Waals surface area (Å²) in [6.45, 7) is -4.94. The Morgan fingerprint density at radius 1 is 0.258 bits per heavy atom. The molecule has 17 N–H and O–H groups in total. The van der Waals surface area contributed by atoms with Crippen molar-refractivity contribution < 1.29 is 148 Å². The third kappa shape index (κ3) is 10.7. The van der Waals surface area contributed by atoms with Crippen LogP contribution in [-0.2, 0) is 61.6 Å². The summed E-state index contributed by atoms with van der Waals surface area (Å²) in [6.07, 6.45) is -47.1. The van der Waals surface area contributed by atoms with E-state index in [1.165, 1.54) is 0 Å². The third-order valence-electron chi connectivity index (χ3n) is 12.4. The third-order valence-corrected chi connectivity index (χ3v) is 12.4. The van der Waals surface area contributed by atoms with Gasteiger partial charge in [-0.2, -0.15) is 0 Å². The SMILES string of the molecule is OC[C@H]1O[C@H](OC[C@H]2O[C@@H](O[C@@H]3[C@@H](O[C@H]4[C@H](O)[C@@H](OC[C@H]5OC(O)[C@@H](O)[C@@H]5O)O[C@@H]4CO[C@H]4O[C@H](CO)[C@@H](O)[C@@H]4O[C@@H]4O[C@H](CO)[C@@H](O)[C@@H]4O)O[C@H](CO)[C@H]3O)[C@@H](O)[C@@H]2O)[C@@H](O)[C@@H](O)[C@@H]1O. The molecule has 0 bridgehead atoms. The summed E-state index contributed by atoms with van der Waals surface area (Å²) in [7, 11) is 0. The van der Waals surface area contributed by atoms with Gasteiger partial charge in [-0.25, -0.2) is 0 Å². The fraction of sp³-hybridized carbons (Fsp3) is 1.00. The highest BCUT2D eigenvalue weighted by Crippen LogP contribution is 2.37. The van der Waals surface area contributed by atoms with E-state index < -0.39 is 225 Å². The van der Waals surface area contributed by atoms with Crippen LogP contribution in [0, 0.1) is 0 Å². The second-order valence-electron chi connectivity index (χ2n) is 16.7. The van der Waals surface area contributed by atoms with Crippen LogP contribution in [0.15, 0.2) is 0 Å². The molecule has 29 atom stereocenters. The summed E-state index contributed by atoms with van der Waals surface area (Å²) in [6, 6.07) is 0. The lowest BCUT2D eigenvalue weighted by Gasteiger charge is -2.39. The molecule has 7 fully saturated rings. The van der Waals surface area contributed by atoms with Crippen molar-refractivity contribution >= 4 is 0 Å². The maximum atomic E-state index is 11.6. The first-order valence-electron chi connectivity index (χ1n) is 21.1. The van der Waals surface area contributed by atoms with Crippen molar-refractivity contribution in [3.8, 4) is 0 Å². The Kier molecular flexibility index (Phi) is 17.9. The lowest BCUT2D eigenvalue weighted by atomic mass is 9.99.